The largest absolute Gasteiger partial charge is 0.383 e. The maximum Gasteiger partial charge on any atom is 0.279 e. The van der Waals surface area contributed by atoms with Gasteiger partial charge >= 0.3 is 0 Å². The SMILES string of the molecule is COCCNC(=O)Cn1nnc2sc3c(c2c1=O)CC[C@H](C)C3. The van der Waals surface area contributed by atoms with Crippen LogP contribution in [0.4, 0.5) is 0 Å². The average Bonchev–Trinajstić information content (AvgIpc) is 2.88. The van der Waals surface area contributed by atoms with Gasteiger partial charge in [-0.05, 0) is 30.7 Å². The summed E-state index contributed by atoms with van der Waals surface area (Å²) in [6, 6.07) is 0. The van der Waals surface area contributed by atoms with Gasteiger partial charge in [-0.1, -0.05) is 12.1 Å². The van der Waals surface area contributed by atoms with Crippen molar-refractivity contribution in [2.75, 3.05) is 20.3 Å². The van der Waals surface area contributed by atoms with Crippen molar-refractivity contribution in [1.29, 1.82) is 0 Å². The van der Waals surface area contributed by atoms with Gasteiger partial charge in [0.25, 0.3) is 5.56 Å². The zero-order valence-electron chi connectivity index (χ0n) is 13.3. The van der Waals surface area contributed by atoms with Crippen molar-refractivity contribution in [3.63, 3.8) is 0 Å². The highest BCUT2D eigenvalue weighted by atomic mass is 32.1. The van der Waals surface area contributed by atoms with Crippen molar-refractivity contribution in [2.24, 2.45) is 5.92 Å². The van der Waals surface area contributed by atoms with E-state index in [1.54, 1.807) is 18.4 Å². The molecule has 8 heteroatoms. The Bertz CT molecular complexity index is 783. The van der Waals surface area contributed by atoms with E-state index in [1.165, 1.54) is 4.88 Å². The summed E-state index contributed by atoms with van der Waals surface area (Å²) < 4.78 is 6.02. The average molecular weight is 336 g/mol. The molecule has 2 heterocycles. The Labute approximate surface area is 137 Å². The van der Waals surface area contributed by atoms with E-state index in [4.69, 9.17) is 4.74 Å². The molecule has 0 radical (unpaired) electrons. The van der Waals surface area contributed by atoms with Gasteiger partial charge in [0.1, 0.15) is 6.54 Å². The van der Waals surface area contributed by atoms with Gasteiger partial charge in [-0.15, -0.1) is 16.4 Å². The van der Waals surface area contributed by atoms with Gasteiger partial charge in [-0.2, -0.15) is 0 Å². The number of rotatable bonds is 5. The molecule has 124 valence electrons. The molecular weight excluding hydrogens is 316 g/mol. The number of aryl methyl sites for hydroxylation is 1. The van der Waals surface area contributed by atoms with E-state index >= 15 is 0 Å². The first-order valence-corrected chi connectivity index (χ1v) is 8.55. The molecule has 0 fully saturated rings. The minimum absolute atomic E-state index is 0.119. The van der Waals surface area contributed by atoms with Crippen molar-refractivity contribution < 1.29 is 9.53 Å². The lowest BCUT2D eigenvalue weighted by Crippen LogP contribution is -2.35. The molecule has 2 aromatic rings. The predicted molar refractivity (Wildman–Crippen MR) is 87.7 cm³/mol. The van der Waals surface area contributed by atoms with Crippen LogP contribution in [0.2, 0.25) is 0 Å². The first kappa shape index (κ1) is 16.1. The van der Waals surface area contributed by atoms with Crippen molar-refractivity contribution in [3.05, 3.63) is 20.8 Å². The number of hydrogen-bond donors (Lipinski definition) is 1. The Morgan fingerprint density at radius 3 is 3.13 bits per heavy atom. The molecule has 0 aromatic carbocycles. The zero-order chi connectivity index (χ0) is 16.4. The first-order valence-electron chi connectivity index (χ1n) is 7.73. The number of nitrogens with one attached hydrogen (secondary N) is 1. The second-order valence-electron chi connectivity index (χ2n) is 5.93. The van der Waals surface area contributed by atoms with Gasteiger partial charge in [-0.3, -0.25) is 9.59 Å². The molecule has 1 aliphatic carbocycles. The number of fused-ring (bicyclic) bond motifs is 3. The monoisotopic (exact) mass is 336 g/mol. The molecule has 0 bridgehead atoms. The summed E-state index contributed by atoms with van der Waals surface area (Å²) in [5.41, 5.74) is 0.889. The van der Waals surface area contributed by atoms with Gasteiger partial charge in [-0.25, -0.2) is 4.68 Å². The molecule has 1 amide bonds. The highest BCUT2D eigenvalue weighted by Gasteiger charge is 2.23. The molecule has 0 unspecified atom stereocenters. The van der Waals surface area contributed by atoms with Gasteiger partial charge < -0.3 is 10.1 Å². The number of hydrogen-bond acceptors (Lipinski definition) is 6. The highest BCUT2D eigenvalue weighted by Crippen LogP contribution is 2.35. The van der Waals surface area contributed by atoms with Crippen LogP contribution in [0.15, 0.2) is 4.79 Å². The van der Waals surface area contributed by atoms with E-state index in [0.29, 0.717) is 29.3 Å². The number of carbonyl (C=O) groups is 1. The van der Waals surface area contributed by atoms with Crippen LogP contribution >= 0.6 is 11.3 Å². The number of methoxy groups -OCH3 is 1. The number of ether oxygens (including phenoxy) is 1. The molecule has 23 heavy (non-hydrogen) atoms. The number of carbonyl (C=O) groups excluding carboxylic acids is 1. The summed E-state index contributed by atoms with van der Waals surface area (Å²) in [5.74, 6) is 0.368. The summed E-state index contributed by atoms with van der Waals surface area (Å²) in [5, 5.41) is 11.4. The number of amides is 1. The molecule has 1 N–H and O–H groups in total. The van der Waals surface area contributed by atoms with Crippen molar-refractivity contribution in [3.8, 4) is 0 Å². The van der Waals surface area contributed by atoms with E-state index < -0.39 is 0 Å². The molecule has 2 aromatic heterocycles. The number of thiophene rings is 1. The number of aromatic nitrogens is 3. The van der Waals surface area contributed by atoms with Crippen molar-refractivity contribution in [2.45, 2.75) is 32.7 Å². The van der Waals surface area contributed by atoms with E-state index in [1.807, 2.05) is 0 Å². The van der Waals surface area contributed by atoms with E-state index in [0.717, 1.165) is 29.5 Å². The standard InChI is InChI=1S/C15H20N4O3S/c1-9-3-4-10-11(7-9)23-14-13(10)15(21)19(18-17-14)8-12(20)16-5-6-22-2/h9H,3-8H2,1-2H3,(H,16,20)/t9-/m0/s1. The maximum absolute atomic E-state index is 12.7. The molecule has 0 aliphatic heterocycles. The van der Waals surface area contributed by atoms with Gasteiger partial charge in [0, 0.05) is 18.5 Å². The Morgan fingerprint density at radius 1 is 1.52 bits per heavy atom. The first-order chi connectivity index (χ1) is 11.1. The summed E-state index contributed by atoms with van der Waals surface area (Å²) in [7, 11) is 1.57. The van der Waals surface area contributed by atoms with Crippen LogP contribution in [-0.2, 0) is 28.9 Å². The fourth-order valence-electron chi connectivity index (χ4n) is 2.88. The lowest BCUT2D eigenvalue weighted by Gasteiger charge is -2.17. The van der Waals surface area contributed by atoms with Gasteiger partial charge in [0.05, 0.1) is 12.0 Å². The minimum atomic E-state index is -0.268. The Morgan fingerprint density at radius 2 is 2.35 bits per heavy atom. The summed E-state index contributed by atoms with van der Waals surface area (Å²) in [4.78, 5) is 26.5. The van der Waals surface area contributed by atoms with Crippen LogP contribution in [-0.4, -0.2) is 41.2 Å². The fourth-order valence-corrected chi connectivity index (χ4v) is 4.20. The summed E-state index contributed by atoms with van der Waals surface area (Å²) in [6.07, 6.45) is 2.98. The topological polar surface area (TPSA) is 86.1 Å². The quantitative estimate of drug-likeness (QED) is 0.814. The summed E-state index contributed by atoms with van der Waals surface area (Å²) >= 11 is 1.56. The third-order valence-corrected chi connectivity index (χ3v) is 5.25. The van der Waals surface area contributed by atoms with Crippen LogP contribution in [0.3, 0.4) is 0 Å². The molecule has 7 nitrogen and oxygen atoms in total. The third kappa shape index (κ3) is 3.28. The fraction of sp³-hybridized carbons (Fsp3) is 0.600. The van der Waals surface area contributed by atoms with Crippen molar-refractivity contribution >= 4 is 27.5 Å². The molecular formula is C15H20N4O3S. The van der Waals surface area contributed by atoms with Crippen LogP contribution in [0.25, 0.3) is 10.2 Å². The normalized spacial score (nSPS) is 17.2. The maximum atomic E-state index is 12.7. The van der Waals surface area contributed by atoms with Gasteiger partial charge in [0.2, 0.25) is 5.91 Å². The van der Waals surface area contributed by atoms with Crippen LogP contribution < -0.4 is 10.9 Å². The van der Waals surface area contributed by atoms with E-state index in [-0.39, 0.29) is 18.0 Å². The second kappa shape index (κ2) is 6.76. The minimum Gasteiger partial charge on any atom is -0.383 e. The van der Waals surface area contributed by atoms with E-state index in [9.17, 15) is 9.59 Å². The van der Waals surface area contributed by atoms with Crippen LogP contribution in [0.1, 0.15) is 23.8 Å². The molecule has 1 aliphatic rings. The molecule has 0 saturated heterocycles. The van der Waals surface area contributed by atoms with Gasteiger partial charge in [0.15, 0.2) is 4.83 Å². The zero-order valence-corrected chi connectivity index (χ0v) is 14.1. The lowest BCUT2D eigenvalue weighted by atomic mass is 9.89. The molecule has 0 saturated carbocycles. The third-order valence-electron chi connectivity index (χ3n) is 4.11. The van der Waals surface area contributed by atoms with Crippen LogP contribution in [0, 0.1) is 5.92 Å². The highest BCUT2D eigenvalue weighted by molar-refractivity contribution is 7.18. The molecule has 3 rings (SSSR count). The number of nitrogens with zero attached hydrogens (tertiary/aromatic N) is 3. The Hall–Kier alpha value is -1.80. The predicted octanol–water partition coefficient (Wildman–Crippen LogP) is 0.740. The molecule has 0 spiro atoms. The molecule has 1 atom stereocenters. The Balaban J connectivity index is 1.87. The Kier molecular flexibility index (Phi) is 4.72. The van der Waals surface area contributed by atoms with E-state index in [2.05, 4.69) is 22.6 Å². The smallest absolute Gasteiger partial charge is 0.279 e. The lowest BCUT2D eigenvalue weighted by molar-refractivity contribution is -0.122. The van der Waals surface area contributed by atoms with Crippen LogP contribution in [0.5, 0.6) is 0 Å². The van der Waals surface area contributed by atoms with Crippen molar-refractivity contribution in [1.82, 2.24) is 20.3 Å². The second-order valence-corrected chi connectivity index (χ2v) is 7.01. The summed E-state index contributed by atoms with van der Waals surface area (Å²) in [6.45, 7) is 2.95.